The number of ether oxygens (including phenoxy) is 1. The monoisotopic (exact) mass is 322 g/mol. The maximum atomic E-state index is 8.89. The highest BCUT2D eigenvalue weighted by Crippen LogP contribution is 2.38. The average molecular weight is 323 g/mol. The Kier molecular flexibility index (Phi) is 4.63. The molecular formula is C16H19ClN2OS. The van der Waals surface area contributed by atoms with E-state index in [1.807, 2.05) is 17.8 Å². The fourth-order valence-corrected chi connectivity index (χ4v) is 4.64. The van der Waals surface area contributed by atoms with Crippen LogP contribution in [0.2, 0.25) is 5.02 Å². The van der Waals surface area contributed by atoms with E-state index in [-0.39, 0.29) is 5.60 Å². The third-order valence-electron chi connectivity index (χ3n) is 4.35. The van der Waals surface area contributed by atoms with E-state index in [0.717, 1.165) is 38.0 Å². The highest BCUT2D eigenvalue weighted by molar-refractivity contribution is 7.99. The third-order valence-corrected chi connectivity index (χ3v) is 5.65. The first-order valence-corrected chi connectivity index (χ1v) is 8.92. The van der Waals surface area contributed by atoms with Gasteiger partial charge in [-0.2, -0.15) is 17.0 Å². The van der Waals surface area contributed by atoms with Gasteiger partial charge in [0.25, 0.3) is 0 Å². The number of hydrogen-bond donors (Lipinski definition) is 1. The molecule has 112 valence electrons. The Balaban J connectivity index is 1.68. The van der Waals surface area contributed by atoms with E-state index < -0.39 is 0 Å². The van der Waals surface area contributed by atoms with E-state index >= 15 is 0 Å². The molecule has 0 radical (unpaired) electrons. The highest BCUT2D eigenvalue weighted by Gasteiger charge is 2.38. The van der Waals surface area contributed by atoms with Crippen molar-refractivity contribution in [3.05, 3.63) is 28.8 Å². The molecule has 2 heterocycles. The summed E-state index contributed by atoms with van der Waals surface area (Å²) in [4.78, 5) is 0. The topological polar surface area (TPSA) is 45.0 Å². The fourth-order valence-electron chi connectivity index (χ4n) is 3.16. The van der Waals surface area contributed by atoms with E-state index in [9.17, 15) is 0 Å². The molecule has 2 fully saturated rings. The summed E-state index contributed by atoms with van der Waals surface area (Å²) in [6.45, 7) is 0.816. The minimum Gasteiger partial charge on any atom is -0.381 e. The Morgan fingerprint density at radius 3 is 2.90 bits per heavy atom. The zero-order valence-corrected chi connectivity index (χ0v) is 13.5. The van der Waals surface area contributed by atoms with Crippen molar-refractivity contribution in [1.82, 2.24) is 0 Å². The predicted octanol–water partition coefficient (Wildman–Crippen LogP) is 4.07. The van der Waals surface area contributed by atoms with Crippen molar-refractivity contribution >= 4 is 29.1 Å². The number of nitrogens with one attached hydrogen (secondary N) is 1. The van der Waals surface area contributed by atoms with Crippen LogP contribution in [0.15, 0.2) is 18.2 Å². The second-order valence-electron chi connectivity index (χ2n) is 5.78. The lowest BCUT2D eigenvalue weighted by Gasteiger charge is -2.43. The molecule has 3 rings (SSSR count). The zero-order valence-electron chi connectivity index (χ0n) is 11.9. The summed E-state index contributed by atoms with van der Waals surface area (Å²) in [6.07, 6.45) is 4.35. The van der Waals surface area contributed by atoms with Crippen molar-refractivity contribution in [3.8, 4) is 6.07 Å². The van der Waals surface area contributed by atoms with E-state index in [1.165, 1.54) is 11.5 Å². The van der Waals surface area contributed by atoms with Crippen LogP contribution in [-0.4, -0.2) is 29.8 Å². The molecule has 21 heavy (non-hydrogen) atoms. The lowest BCUT2D eigenvalue weighted by Crippen LogP contribution is -2.46. The van der Waals surface area contributed by atoms with Crippen LogP contribution in [0.25, 0.3) is 0 Å². The van der Waals surface area contributed by atoms with Gasteiger partial charge in [0.15, 0.2) is 0 Å². The molecule has 0 bridgehead atoms. The summed E-state index contributed by atoms with van der Waals surface area (Å²) in [6, 6.07) is 7.93. The minimum absolute atomic E-state index is 0.0697. The van der Waals surface area contributed by atoms with E-state index in [2.05, 4.69) is 11.4 Å². The first-order valence-electron chi connectivity index (χ1n) is 7.39. The van der Waals surface area contributed by atoms with Crippen LogP contribution < -0.4 is 5.32 Å². The number of nitrogens with zero attached hydrogens (tertiary/aromatic N) is 1. The SMILES string of the molecule is N#Cc1ccc(NC2CCOC3(CCSCC3)C2)c(Cl)c1. The van der Waals surface area contributed by atoms with Crippen molar-refractivity contribution in [2.75, 3.05) is 23.4 Å². The molecule has 0 aliphatic carbocycles. The van der Waals surface area contributed by atoms with Crippen LogP contribution in [0, 0.1) is 11.3 Å². The number of benzene rings is 1. The molecule has 0 saturated carbocycles. The first kappa shape index (κ1) is 15.0. The Labute approximate surface area is 135 Å². The van der Waals surface area contributed by atoms with Crippen LogP contribution in [0.3, 0.4) is 0 Å². The van der Waals surface area contributed by atoms with Gasteiger partial charge in [0.1, 0.15) is 0 Å². The van der Waals surface area contributed by atoms with Crippen molar-refractivity contribution in [2.45, 2.75) is 37.3 Å². The molecule has 1 atom stereocenters. The summed E-state index contributed by atoms with van der Waals surface area (Å²) < 4.78 is 6.11. The Bertz CT molecular complexity index is 546. The molecule has 3 nitrogen and oxygen atoms in total. The van der Waals surface area contributed by atoms with Gasteiger partial charge in [-0.25, -0.2) is 0 Å². The Morgan fingerprint density at radius 2 is 2.19 bits per heavy atom. The number of nitriles is 1. The highest BCUT2D eigenvalue weighted by atomic mass is 35.5. The molecule has 0 amide bonds. The van der Waals surface area contributed by atoms with Gasteiger partial charge in [0.05, 0.1) is 27.9 Å². The van der Waals surface area contributed by atoms with E-state index in [4.69, 9.17) is 21.6 Å². The molecule has 1 aromatic carbocycles. The van der Waals surface area contributed by atoms with Gasteiger partial charge >= 0.3 is 0 Å². The van der Waals surface area contributed by atoms with Gasteiger partial charge in [0, 0.05) is 12.6 Å². The normalized spacial score (nSPS) is 24.5. The second-order valence-corrected chi connectivity index (χ2v) is 7.42. The smallest absolute Gasteiger partial charge is 0.0992 e. The van der Waals surface area contributed by atoms with Gasteiger partial charge in [-0.1, -0.05) is 11.6 Å². The second kappa shape index (κ2) is 6.48. The number of thioether (sulfide) groups is 1. The van der Waals surface area contributed by atoms with Crippen LogP contribution in [-0.2, 0) is 4.74 Å². The van der Waals surface area contributed by atoms with Gasteiger partial charge in [-0.3, -0.25) is 0 Å². The number of hydrogen-bond acceptors (Lipinski definition) is 4. The van der Waals surface area contributed by atoms with Crippen molar-refractivity contribution in [2.24, 2.45) is 0 Å². The van der Waals surface area contributed by atoms with Crippen molar-refractivity contribution in [3.63, 3.8) is 0 Å². The van der Waals surface area contributed by atoms with Crippen LogP contribution in [0.5, 0.6) is 0 Å². The van der Waals surface area contributed by atoms with E-state index in [0.29, 0.717) is 16.6 Å². The summed E-state index contributed by atoms with van der Waals surface area (Å²) in [5, 5.41) is 13.1. The van der Waals surface area contributed by atoms with Crippen molar-refractivity contribution in [1.29, 1.82) is 5.26 Å². The lowest BCUT2D eigenvalue weighted by molar-refractivity contribution is -0.0865. The third kappa shape index (κ3) is 3.48. The summed E-state index contributed by atoms with van der Waals surface area (Å²) in [5.41, 5.74) is 1.58. The molecule has 2 aliphatic rings. The number of anilines is 1. The van der Waals surface area contributed by atoms with Gasteiger partial charge in [0.2, 0.25) is 0 Å². The molecule has 1 unspecified atom stereocenters. The molecule has 1 N–H and O–H groups in total. The van der Waals surface area contributed by atoms with Crippen LogP contribution in [0.4, 0.5) is 5.69 Å². The molecular weight excluding hydrogens is 304 g/mol. The molecule has 0 aromatic heterocycles. The zero-order chi connectivity index (χ0) is 14.7. The lowest BCUT2D eigenvalue weighted by atomic mass is 9.85. The summed E-state index contributed by atoms with van der Waals surface area (Å²) in [7, 11) is 0. The molecule has 2 saturated heterocycles. The maximum Gasteiger partial charge on any atom is 0.0992 e. The van der Waals surface area contributed by atoms with Gasteiger partial charge in [-0.05, 0) is 55.4 Å². The first-order chi connectivity index (χ1) is 10.2. The van der Waals surface area contributed by atoms with Gasteiger partial charge in [-0.15, -0.1) is 0 Å². The summed E-state index contributed by atoms with van der Waals surface area (Å²) in [5.74, 6) is 2.40. The molecule has 1 spiro atoms. The number of halogens is 1. The molecule has 2 aliphatic heterocycles. The Morgan fingerprint density at radius 1 is 1.38 bits per heavy atom. The van der Waals surface area contributed by atoms with Crippen LogP contribution >= 0.6 is 23.4 Å². The average Bonchev–Trinajstić information content (AvgIpc) is 2.50. The molecule has 5 heteroatoms. The van der Waals surface area contributed by atoms with Crippen molar-refractivity contribution < 1.29 is 4.74 Å². The van der Waals surface area contributed by atoms with Crippen LogP contribution in [0.1, 0.15) is 31.2 Å². The predicted molar refractivity (Wildman–Crippen MR) is 88.1 cm³/mol. The summed E-state index contributed by atoms with van der Waals surface area (Å²) >= 11 is 8.28. The maximum absolute atomic E-state index is 8.89. The fraction of sp³-hybridized carbons (Fsp3) is 0.562. The minimum atomic E-state index is 0.0697. The molecule has 1 aromatic rings. The van der Waals surface area contributed by atoms with Gasteiger partial charge < -0.3 is 10.1 Å². The number of rotatable bonds is 2. The largest absolute Gasteiger partial charge is 0.381 e. The standard InChI is InChI=1S/C16H19ClN2OS/c17-14-9-12(11-18)1-2-15(14)19-13-3-6-20-16(10-13)4-7-21-8-5-16/h1-2,9,13,19H,3-8,10H2. The Hall–Kier alpha value is -0.890. The van der Waals surface area contributed by atoms with E-state index in [1.54, 1.807) is 12.1 Å². The quantitative estimate of drug-likeness (QED) is 0.891.